The van der Waals surface area contributed by atoms with Crippen molar-refractivity contribution < 1.29 is 57.7 Å². The Bertz CT molecular complexity index is 576. The Morgan fingerprint density at radius 1 is 0.525 bits per heavy atom. The van der Waals surface area contributed by atoms with Crippen molar-refractivity contribution in [3.8, 4) is 0 Å². The standard InChI is InChI=1S/C28H54O12/c1-27(2,3)25(37-17-15-33-13-11-29)39-21-19-35-23(31)9-7-8-10-24(32)36-20-22-40-26(28(4,5)6)38-18-16-34-14-12-30/h25-26,29-30H,7-22H2,1-6H3. The lowest BCUT2D eigenvalue weighted by molar-refractivity contribution is -0.205. The molecule has 40 heavy (non-hydrogen) atoms. The molecule has 0 aliphatic heterocycles. The Hall–Kier alpha value is -1.38. The summed E-state index contributed by atoms with van der Waals surface area (Å²) in [7, 11) is 0. The molecule has 0 heterocycles. The number of carbonyl (C=O) groups excluding carboxylic acids is 2. The van der Waals surface area contributed by atoms with E-state index in [1.165, 1.54) is 0 Å². The second-order valence-corrected chi connectivity index (χ2v) is 11.2. The minimum atomic E-state index is -0.496. The molecule has 0 aliphatic rings. The van der Waals surface area contributed by atoms with E-state index in [0.717, 1.165) is 0 Å². The lowest BCUT2D eigenvalue weighted by Crippen LogP contribution is -2.34. The normalized spacial score (nSPS) is 13.7. The molecule has 238 valence electrons. The van der Waals surface area contributed by atoms with Gasteiger partial charge in [-0.3, -0.25) is 9.59 Å². The summed E-state index contributed by atoms with van der Waals surface area (Å²) in [6.07, 6.45) is 0.416. The van der Waals surface area contributed by atoms with Gasteiger partial charge in [0.05, 0.1) is 66.1 Å². The molecule has 0 rings (SSSR count). The number of esters is 2. The van der Waals surface area contributed by atoms with Crippen LogP contribution in [-0.2, 0) is 47.5 Å². The van der Waals surface area contributed by atoms with E-state index in [-0.39, 0.29) is 88.5 Å². The molecule has 0 radical (unpaired) electrons. The van der Waals surface area contributed by atoms with Crippen molar-refractivity contribution in [3.05, 3.63) is 0 Å². The average Bonchev–Trinajstić information content (AvgIpc) is 2.87. The summed E-state index contributed by atoms with van der Waals surface area (Å²) in [6, 6.07) is 0. The Balaban J connectivity index is 3.97. The minimum absolute atomic E-state index is 0.0376. The number of rotatable bonds is 25. The minimum Gasteiger partial charge on any atom is -0.463 e. The van der Waals surface area contributed by atoms with Gasteiger partial charge < -0.3 is 48.1 Å². The molecule has 0 aliphatic carbocycles. The van der Waals surface area contributed by atoms with Crippen molar-refractivity contribution in [1.82, 2.24) is 0 Å². The van der Waals surface area contributed by atoms with E-state index in [4.69, 9.17) is 48.1 Å². The lowest BCUT2D eigenvalue weighted by atomic mass is 9.96. The van der Waals surface area contributed by atoms with Gasteiger partial charge in [0.2, 0.25) is 0 Å². The highest BCUT2D eigenvalue weighted by atomic mass is 16.7. The van der Waals surface area contributed by atoms with Crippen molar-refractivity contribution in [2.45, 2.75) is 79.8 Å². The van der Waals surface area contributed by atoms with Crippen LogP contribution >= 0.6 is 0 Å². The quantitative estimate of drug-likeness (QED) is 0.0925. The topological polar surface area (TPSA) is 148 Å². The van der Waals surface area contributed by atoms with E-state index in [1.54, 1.807) is 0 Å². The van der Waals surface area contributed by atoms with Crippen molar-refractivity contribution in [2.75, 3.05) is 79.3 Å². The largest absolute Gasteiger partial charge is 0.463 e. The van der Waals surface area contributed by atoms with E-state index < -0.39 is 12.6 Å². The van der Waals surface area contributed by atoms with Crippen LogP contribution < -0.4 is 0 Å². The van der Waals surface area contributed by atoms with Crippen LogP contribution in [0.2, 0.25) is 0 Å². The number of carbonyl (C=O) groups is 2. The second-order valence-electron chi connectivity index (χ2n) is 11.2. The molecule has 0 saturated carbocycles. The first-order valence-electron chi connectivity index (χ1n) is 14.1. The molecule has 2 unspecified atom stereocenters. The molecule has 0 amide bonds. The van der Waals surface area contributed by atoms with Crippen LogP contribution in [0.15, 0.2) is 0 Å². The zero-order valence-corrected chi connectivity index (χ0v) is 25.4. The third-order valence-corrected chi connectivity index (χ3v) is 5.12. The molecular weight excluding hydrogens is 528 g/mol. The third-order valence-electron chi connectivity index (χ3n) is 5.12. The van der Waals surface area contributed by atoms with Crippen LogP contribution in [0.5, 0.6) is 0 Å². The van der Waals surface area contributed by atoms with Crippen LogP contribution in [0, 0.1) is 10.8 Å². The molecule has 0 fully saturated rings. The van der Waals surface area contributed by atoms with Crippen LogP contribution in [0.3, 0.4) is 0 Å². The second kappa shape index (κ2) is 23.2. The Labute approximate surface area is 239 Å². The summed E-state index contributed by atoms with van der Waals surface area (Å²) in [6.45, 7) is 14.3. The van der Waals surface area contributed by atoms with Gasteiger partial charge in [-0.05, 0) is 12.8 Å². The zero-order chi connectivity index (χ0) is 30.3. The predicted octanol–water partition coefficient (Wildman–Crippen LogP) is 2.46. The molecule has 0 aromatic heterocycles. The van der Waals surface area contributed by atoms with E-state index >= 15 is 0 Å². The summed E-state index contributed by atoms with van der Waals surface area (Å²) >= 11 is 0. The third kappa shape index (κ3) is 22.3. The highest BCUT2D eigenvalue weighted by molar-refractivity contribution is 5.70. The molecule has 12 nitrogen and oxygen atoms in total. The molecule has 0 spiro atoms. The van der Waals surface area contributed by atoms with Crippen LogP contribution in [0.1, 0.15) is 67.2 Å². The maximum atomic E-state index is 12.0. The van der Waals surface area contributed by atoms with E-state index in [1.807, 2.05) is 41.5 Å². The average molecular weight is 583 g/mol. The van der Waals surface area contributed by atoms with Gasteiger partial charge >= 0.3 is 11.9 Å². The maximum Gasteiger partial charge on any atom is 0.305 e. The summed E-state index contributed by atoms with van der Waals surface area (Å²) in [4.78, 5) is 23.9. The Morgan fingerprint density at radius 3 is 1.15 bits per heavy atom. The van der Waals surface area contributed by atoms with Gasteiger partial charge in [0.1, 0.15) is 13.2 Å². The summed E-state index contributed by atoms with van der Waals surface area (Å²) in [5.41, 5.74) is -0.555. The maximum absolute atomic E-state index is 12.0. The highest BCUT2D eigenvalue weighted by Gasteiger charge is 2.27. The fourth-order valence-electron chi connectivity index (χ4n) is 3.16. The SMILES string of the molecule is CC(C)(C)C(OCCOCCO)OCCOC(=O)CCCCC(=O)OCCOC(OCCOCCO)C(C)(C)C. The number of hydrogen-bond acceptors (Lipinski definition) is 12. The number of unbranched alkanes of at least 4 members (excludes halogenated alkanes) is 1. The number of ether oxygens (including phenoxy) is 8. The van der Waals surface area contributed by atoms with Gasteiger partial charge in [-0.25, -0.2) is 0 Å². The van der Waals surface area contributed by atoms with Crippen molar-refractivity contribution in [1.29, 1.82) is 0 Å². The number of hydrogen-bond donors (Lipinski definition) is 2. The van der Waals surface area contributed by atoms with Gasteiger partial charge in [-0.15, -0.1) is 0 Å². The molecule has 12 heteroatoms. The lowest BCUT2D eigenvalue weighted by Gasteiger charge is -2.30. The first kappa shape index (κ1) is 38.6. The van der Waals surface area contributed by atoms with Gasteiger partial charge in [-0.1, -0.05) is 41.5 Å². The Kier molecular flexibility index (Phi) is 22.4. The molecule has 2 N–H and O–H groups in total. The number of aliphatic hydroxyl groups is 2. The molecular formula is C28H54O12. The zero-order valence-electron chi connectivity index (χ0n) is 25.4. The van der Waals surface area contributed by atoms with Crippen molar-refractivity contribution >= 4 is 11.9 Å². The van der Waals surface area contributed by atoms with Gasteiger partial charge in [0.25, 0.3) is 0 Å². The monoisotopic (exact) mass is 582 g/mol. The molecule has 0 saturated heterocycles. The fourth-order valence-corrected chi connectivity index (χ4v) is 3.16. The first-order chi connectivity index (χ1) is 18.9. The van der Waals surface area contributed by atoms with Crippen LogP contribution in [0.25, 0.3) is 0 Å². The fraction of sp³-hybridized carbons (Fsp3) is 0.929. The summed E-state index contributed by atoms with van der Waals surface area (Å²) < 4.78 is 43.7. The highest BCUT2D eigenvalue weighted by Crippen LogP contribution is 2.24. The van der Waals surface area contributed by atoms with E-state index in [9.17, 15) is 9.59 Å². The summed E-state index contributed by atoms with van der Waals surface area (Å²) in [5, 5.41) is 17.5. The molecule has 0 aromatic carbocycles. The molecule has 2 atom stereocenters. The van der Waals surface area contributed by atoms with Gasteiger partial charge in [0, 0.05) is 23.7 Å². The first-order valence-corrected chi connectivity index (χ1v) is 14.1. The predicted molar refractivity (Wildman–Crippen MR) is 146 cm³/mol. The van der Waals surface area contributed by atoms with Gasteiger partial charge in [-0.2, -0.15) is 0 Å². The molecule has 0 aromatic rings. The molecule has 0 bridgehead atoms. The van der Waals surface area contributed by atoms with Crippen LogP contribution in [0.4, 0.5) is 0 Å². The Morgan fingerprint density at radius 2 is 0.850 bits per heavy atom. The van der Waals surface area contributed by atoms with Crippen LogP contribution in [-0.4, -0.2) is 114 Å². The summed E-state index contributed by atoms with van der Waals surface area (Å²) in [5.74, 6) is -0.711. The smallest absolute Gasteiger partial charge is 0.305 e. The van der Waals surface area contributed by atoms with Crippen molar-refractivity contribution in [2.24, 2.45) is 10.8 Å². The van der Waals surface area contributed by atoms with E-state index in [0.29, 0.717) is 39.3 Å². The van der Waals surface area contributed by atoms with Gasteiger partial charge in [0.15, 0.2) is 12.6 Å². The van der Waals surface area contributed by atoms with E-state index in [2.05, 4.69) is 0 Å². The van der Waals surface area contributed by atoms with Crippen molar-refractivity contribution in [3.63, 3.8) is 0 Å². The number of aliphatic hydroxyl groups excluding tert-OH is 2.